The van der Waals surface area contributed by atoms with Gasteiger partial charge in [0.25, 0.3) is 0 Å². The van der Waals surface area contributed by atoms with Crippen LogP contribution < -0.4 is 5.73 Å². The Morgan fingerprint density at radius 1 is 1.28 bits per heavy atom. The van der Waals surface area contributed by atoms with E-state index in [0.29, 0.717) is 19.1 Å². The fraction of sp³-hybridized carbons (Fsp3) is 0.571. The number of nitrogens with zero attached hydrogens (tertiary/aromatic N) is 1. The number of piperidine rings is 1. The number of hydrogen-bond acceptors (Lipinski definition) is 2. The van der Waals surface area contributed by atoms with Gasteiger partial charge in [-0.25, -0.2) is 8.78 Å². The molecule has 2 nitrogen and oxygen atoms in total. The quantitative estimate of drug-likeness (QED) is 0.898. The van der Waals surface area contributed by atoms with Crippen molar-refractivity contribution in [3.05, 3.63) is 35.4 Å². The molecule has 0 bridgehead atoms. The summed E-state index contributed by atoms with van der Waals surface area (Å²) in [7, 11) is 0. The topological polar surface area (TPSA) is 29.3 Å². The zero-order valence-electron chi connectivity index (χ0n) is 10.7. The summed E-state index contributed by atoms with van der Waals surface area (Å²) in [6.45, 7) is 2.95. The van der Waals surface area contributed by atoms with Crippen molar-refractivity contribution >= 4 is 0 Å². The summed E-state index contributed by atoms with van der Waals surface area (Å²) in [5, 5.41) is 0. The van der Waals surface area contributed by atoms with Gasteiger partial charge >= 0.3 is 0 Å². The average molecular weight is 254 g/mol. The van der Waals surface area contributed by atoms with Gasteiger partial charge in [0.15, 0.2) is 0 Å². The van der Waals surface area contributed by atoms with Crippen molar-refractivity contribution in [2.24, 2.45) is 5.73 Å². The number of benzene rings is 1. The molecule has 0 aliphatic carbocycles. The number of nitrogens with two attached hydrogens (primary N) is 1. The first-order valence-corrected chi connectivity index (χ1v) is 6.52. The van der Waals surface area contributed by atoms with Gasteiger partial charge in [-0.15, -0.1) is 0 Å². The summed E-state index contributed by atoms with van der Waals surface area (Å²) in [5.74, 6) is -0.938. The molecule has 0 spiro atoms. The summed E-state index contributed by atoms with van der Waals surface area (Å²) in [5.41, 5.74) is 5.91. The molecule has 1 aliphatic rings. The van der Waals surface area contributed by atoms with Crippen LogP contribution in [0.5, 0.6) is 0 Å². The summed E-state index contributed by atoms with van der Waals surface area (Å²) in [6, 6.07) is 4.57. The Morgan fingerprint density at radius 3 is 2.56 bits per heavy atom. The van der Waals surface area contributed by atoms with Crippen LogP contribution in [0, 0.1) is 11.6 Å². The molecule has 2 N–H and O–H groups in total. The van der Waals surface area contributed by atoms with Gasteiger partial charge in [0.2, 0.25) is 0 Å². The van der Waals surface area contributed by atoms with Gasteiger partial charge in [-0.3, -0.25) is 4.90 Å². The SMILES string of the molecule is CC1CCCC(CN)N1Cc1c(F)cccc1F. The van der Waals surface area contributed by atoms with Gasteiger partial charge in [-0.05, 0) is 31.9 Å². The molecular formula is C14H20F2N2. The molecule has 1 saturated heterocycles. The van der Waals surface area contributed by atoms with Gasteiger partial charge in [0.1, 0.15) is 11.6 Å². The van der Waals surface area contributed by atoms with E-state index >= 15 is 0 Å². The molecule has 100 valence electrons. The minimum Gasteiger partial charge on any atom is -0.329 e. The lowest BCUT2D eigenvalue weighted by Gasteiger charge is -2.40. The van der Waals surface area contributed by atoms with Crippen molar-refractivity contribution in [2.45, 2.75) is 44.8 Å². The van der Waals surface area contributed by atoms with E-state index in [0.717, 1.165) is 19.3 Å². The van der Waals surface area contributed by atoms with Gasteiger partial charge in [0, 0.05) is 30.7 Å². The van der Waals surface area contributed by atoms with Crippen molar-refractivity contribution in [3.8, 4) is 0 Å². The second-order valence-corrected chi connectivity index (χ2v) is 5.04. The standard InChI is InChI=1S/C14H20F2N2/c1-10-4-2-5-11(8-17)18(10)9-12-13(15)6-3-7-14(12)16/h3,6-7,10-11H,2,4-5,8-9,17H2,1H3. The molecule has 0 saturated carbocycles. The Bertz CT molecular complexity index is 389. The van der Waals surface area contributed by atoms with Crippen LogP contribution in [0.1, 0.15) is 31.7 Å². The molecule has 1 aromatic carbocycles. The van der Waals surface area contributed by atoms with Gasteiger partial charge < -0.3 is 5.73 Å². The zero-order valence-corrected chi connectivity index (χ0v) is 10.7. The average Bonchev–Trinajstić information content (AvgIpc) is 2.35. The molecule has 1 aromatic rings. The Kier molecular flexibility index (Phi) is 4.30. The highest BCUT2D eigenvalue weighted by Gasteiger charge is 2.28. The van der Waals surface area contributed by atoms with Crippen LogP contribution in [-0.2, 0) is 6.54 Å². The molecule has 1 heterocycles. The number of hydrogen-bond donors (Lipinski definition) is 1. The highest BCUT2D eigenvalue weighted by molar-refractivity contribution is 5.20. The van der Waals surface area contributed by atoms with Crippen LogP contribution >= 0.6 is 0 Å². The number of likely N-dealkylation sites (tertiary alicyclic amines) is 1. The summed E-state index contributed by atoms with van der Waals surface area (Å²) < 4.78 is 27.3. The van der Waals surface area contributed by atoms with Crippen LogP contribution in [0.15, 0.2) is 18.2 Å². The largest absolute Gasteiger partial charge is 0.329 e. The van der Waals surface area contributed by atoms with Crippen LogP contribution in [0.4, 0.5) is 8.78 Å². The lowest BCUT2D eigenvalue weighted by atomic mass is 9.95. The van der Waals surface area contributed by atoms with Crippen molar-refractivity contribution < 1.29 is 8.78 Å². The maximum absolute atomic E-state index is 13.7. The molecule has 2 unspecified atom stereocenters. The van der Waals surface area contributed by atoms with Gasteiger partial charge in [-0.2, -0.15) is 0 Å². The number of halogens is 2. The van der Waals surface area contributed by atoms with E-state index in [1.54, 1.807) is 0 Å². The Morgan fingerprint density at radius 2 is 1.94 bits per heavy atom. The third kappa shape index (κ3) is 2.70. The molecule has 2 rings (SSSR count). The van der Waals surface area contributed by atoms with E-state index < -0.39 is 11.6 Å². The number of rotatable bonds is 3. The fourth-order valence-corrected chi connectivity index (χ4v) is 2.74. The molecule has 1 fully saturated rings. The van der Waals surface area contributed by atoms with Crippen molar-refractivity contribution in [1.29, 1.82) is 0 Å². The predicted octanol–water partition coefficient (Wildman–Crippen LogP) is 2.67. The molecule has 2 atom stereocenters. The smallest absolute Gasteiger partial charge is 0.130 e. The van der Waals surface area contributed by atoms with E-state index in [1.807, 2.05) is 0 Å². The minimum absolute atomic E-state index is 0.157. The second-order valence-electron chi connectivity index (χ2n) is 5.04. The molecule has 1 aliphatic heterocycles. The van der Waals surface area contributed by atoms with E-state index in [4.69, 9.17) is 5.73 Å². The monoisotopic (exact) mass is 254 g/mol. The normalized spacial score (nSPS) is 25.3. The van der Waals surface area contributed by atoms with Crippen molar-refractivity contribution in [2.75, 3.05) is 6.54 Å². The molecule has 0 aromatic heterocycles. The molecular weight excluding hydrogens is 234 g/mol. The predicted molar refractivity (Wildman–Crippen MR) is 68.1 cm³/mol. The molecule has 0 amide bonds. The maximum atomic E-state index is 13.7. The van der Waals surface area contributed by atoms with Crippen LogP contribution in [-0.4, -0.2) is 23.5 Å². The lowest BCUT2D eigenvalue weighted by molar-refractivity contribution is 0.0866. The fourth-order valence-electron chi connectivity index (χ4n) is 2.74. The van der Waals surface area contributed by atoms with Crippen LogP contribution in [0.3, 0.4) is 0 Å². The molecule has 0 radical (unpaired) electrons. The van der Waals surface area contributed by atoms with Crippen LogP contribution in [0.2, 0.25) is 0 Å². The second kappa shape index (κ2) is 5.76. The highest BCUT2D eigenvalue weighted by Crippen LogP contribution is 2.26. The Labute approximate surface area is 107 Å². The summed E-state index contributed by atoms with van der Waals surface area (Å²) in [6.07, 6.45) is 3.21. The van der Waals surface area contributed by atoms with Crippen molar-refractivity contribution in [3.63, 3.8) is 0 Å². The minimum atomic E-state index is -0.469. The van der Waals surface area contributed by atoms with Crippen LogP contribution in [0.25, 0.3) is 0 Å². The zero-order chi connectivity index (χ0) is 13.1. The third-order valence-electron chi connectivity index (χ3n) is 3.87. The van der Waals surface area contributed by atoms with E-state index in [2.05, 4.69) is 11.8 Å². The molecule has 4 heteroatoms. The Hall–Kier alpha value is -1.00. The highest BCUT2D eigenvalue weighted by atomic mass is 19.1. The summed E-state index contributed by atoms with van der Waals surface area (Å²) in [4.78, 5) is 2.13. The van der Waals surface area contributed by atoms with Gasteiger partial charge in [0.05, 0.1) is 0 Å². The first kappa shape index (κ1) is 13.4. The van der Waals surface area contributed by atoms with Crippen molar-refractivity contribution in [1.82, 2.24) is 4.90 Å². The molecule has 18 heavy (non-hydrogen) atoms. The first-order chi connectivity index (χ1) is 8.63. The third-order valence-corrected chi connectivity index (χ3v) is 3.87. The van der Waals surface area contributed by atoms with Gasteiger partial charge in [-0.1, -0.05) is 12.5 Å². The summed E-state index contributed by atoms with van der Waals surface area (Å²) >= 11 is 0. The van der Waals surface area contributed by atoms with E-state index in [-0.39, 0.29) is 11.6 Å². The van der Waals surface area contributed by atoms with E-state index in [1.165, 1.54) is 18.2 Å². The first-order valence-electron chi connectivity index (χ1n) is 6.52. The maximum Gasteiger partial charge on any atom is 0.130 e. The van der Waals surface area contributed by atoms with E-state index in [9.17, 15) is 8.78 Å². The lowest BCUT2D eigenvalue weighted by Crippen LogP contribution is -2.48. The Balaban J connectivity index is 2.20.